The average molecular weight is 326 g/mol. The maximum Gasteiger partial charge on any atom is 0.317 e. The highest BCUT2D eigenvalue weighted by Crippen LogP contribution is 2.33. The van der Waals surface area contributed by atoms with Crippen LogP contribution in [0.15, 0.2) is 22.7 Å². The van der Waals surface area contributed by atoms with Crippen molar-refractivity contribution in [1.82, 2.24) is 4.90 Å². The molecular weight excluding hydrogens is 310 g/mol. The highest BCUT2D eigenvalue weighted by atomic mass is 79.9. The van der Waals surface area contributed by atoms with Crippen LogP contribution in [0.3, 0.4) is 0 Å². The Hall–Kier alpha value is -1.51. The van der Waals surface area contributed by atoms with Crippen LogP contribution in [0.2, 0.25) is 0 Å². The van der Waals surface area contributed by atoms with E-state index < -0.39 is 5.97 Å². The van der Waals surface area contributed by atoms with Crippen LogP contribution in [0.25, 0.3) is 0 Å². The number of hydrogen-bond acceptors (Lipinski definition) is 3. The lowest BCUT2D eigenvalue weighted by Crippen LogP contribution is -2.34. The normalized spacial score (nSPS) is 12.1. The summed E-state index contributed by atoms with van der Waals surface area (Å²) in [5.41, 5.74) is 0.674. The number of phenols is 1. The summed E-state index contributed by atoms with van der Waals surface area (Å²) in [6.07, 6.45) is 5.94. The number of aromatic hydroxyl groups is 1. The molecule has 102 valence electrons. The number of phenolic OH excluding ortho intramolecular Hbond substituents is 1. The molecule has 19 heavy (non-hydrogen) atoms. The Morgan fingerprint density at radius 1 is 1.58 bits per heavy atom. The van der Waals surface area contributed by atoms with Gasteiger partial charge in [-0.05, 0) is 24.6 Å². The van der Waals surface area contributed by atoms with E-state index in [2.05, 4.69) is 21.9 Å². The van der Waals surface area contributed by atoms with Crippen LogP contribution in [0.5, 0.6) is 5.75 Å². The fourth-order valence-corrected chi connectivity index (χ4v) is 2.41. The number of terminal acetylenes is 1. The molecule has 4 nitrogen and oxygen atoms in total. The van der Waals surface area contributed by atoms with E-state index in [9.17, 15) is 9.90 Å². The van der Waals surface area contributed by atoms with Gasteiger partial charge in [0.25, 0.3) is 0 Å². The standard InChI is InChI=1S/C14H16BrNO3/c1-3-7-16(9-14(18)19)12(4-2)11-8-10(15)5-6-13(11)17/h1,5-6,8,12,17H,4,7,9H2,2H3,(H,18,19). The van der Waals surface area contributed by atoms with Gasteiger partial charge in [-0.25, -0.2) is 0 Å². The zero-order valence-electron chi connectivity index (χ0n) is 10.6. The van der Waals surface area contributed by atoms with Gasteiger partial charge in [-0.3, -0.25) is 9.69 Å². The Labute approximate surface area is 121 Å². The van der Waals surface area contributed by atoms with E-state index in [4.69, 9.17) is 11.5 Å². The van der Waals surface area contributed by atoms with Crippen LogP contribution in [-0.2, 0) is 4.79 Å². The molecule has 0 fully saturated rings. The third-order valence-electron chi connectivity index (χ3n) is 2.81. The summed E-state index contributed by atoms with van der Waals surface area (Å²) >= 11 is 3.35. The van der Waals surface area contributed by atoms with Gasteiger partial charge in [0.05, 0.1) is 13.1 Å². The van der Waals surface area contributed by atoms with Crippen molar-refractivity contribution in [3.63, 3.8) is 0 Å². The number of carboxylic acid groups (broad SMARTS) is 1. The van der Waals surface area contributed by atoms with Crippen LogP contribution >= 0.6 is 15.9 Å². The number of rotatable bonds is 6. The minimum absolute atomic E-state index is 0.141. The highest BCUT2D eigenvalue weighted by molar-refractivity contribution is 9.10. The predicted octanol–water partition coefficient (Wildman–Crippen LogP) is 2.63. The van der Waals surface area contributed by atoms with Gasteiger partial charge in [0.15, 0.2) is 0 Å². The van der Waals surface area contributed by atoms with Gasteiger partial charge in [0, 0.05) is 16.1 Å². The number of nitrogens with zero attached hydrogens (tertiary/aromatic N) is 1. The quantitative estimate of drug-likeness (QED) is 0.789. The van der Waals surface area contributed by atoms with Crippen LogP contribution in [-0.4, -0.2) is 34.2 Å². The molecule has 0 saturated carbocycles. The third-order valence-corrected chi connectivity index (χ3v) is 3.30. The smallest absolute Gasteiger partial charge is 0.317 e. The van der Waals surface area contributed by atoms with Gasteiger partial charge in [-0.15, -0.1) is 6.42 Å². The Bertz CT molecular complexity index is 496. The van der Waals surface area contributed by atoms with Gasteiger partial charge in [-0.2, -0.15) is 0 Å². The molecular formula is C14H16BrNO3. The van der Waals surface area contributed by atoms with E-state index in [1.54, 1.807) is 23.1 Å². The van der Waals surface area contributed by atoms with E-state index >= 15 is 0 Å². The molecule has 0 aromatic heterocycles. The summed E-state index contributed by atoms with van der Waals surface area (Å²) in [6, 6.07) is 4.87. The summed E-state index contributed by atoms with van der Waals surface area (Å²) in [6.45, 7) is 1.99. The second-order valence-corrected chi connectivity index (χ2v) is 5.05. The van der Waals surface area contributed by atoms with E-state index in [0.717, 1.165) is 4.47 Å². The maximum absolute atomic E-state index is 10.9. The number of benzene rings is 1. The zero-order valence-corrected chi connectivity index (χ0v) is 12.2. The number of halogens is 1. The summed E-state index contributed by atoms with van der Waals surface area (Å²) in [4.78, 5) is 12.6. The van der Waals surface area contributed by atoms with Crippen molar-refractivity contribution in [2.24, 2.45) is 0 Å². The number of carboxylic acids is 1. The molecule has 0 spiro atoms. The topological polar surface area (TPSA) is 60.8 Å². The van der Waals surface area contributed by atoms with Gasteiger partial charge in [0.1, 0.15) is 5.75 Å². The molecule has 0 bridgehead atoms. The van der Waals surface area contributed by atoms with Crippen molar-refractivity contribution in [2.45, 2.75) is 19.4 Å². The summed E-state index contributed by atoms with van der Waals surface area (Å²) in [5, 5.41) is 18.9. The van der Waals surface area contributed by atoms with Gasteiger partial charge >= 0.3 is 5.97 Å². The molecule has 0 aliphatic rings. The number of hydrogen-bond donors (Lipinski definition) is 2. The summed E-state index contributed by atoms with van der Waals surface area (Å²) in [5.74, 6) is 1.66. The lowest BCUT2D eigenvalue weighted by molar-refractivity contribution is -0.138. The fourth-order valence-electron chi connectivity index (χ4n) is 2.03. The van der Waals surface area contributed by atoms with Crippen molar-refractivity contribution in [3.05, 3.63) is 28.2 Å². The van der Waals surface area contributed by atoms with Crippen molar-refractivity contribution >= 4 is 21.9 Å². The maximum atomic E-state index is 10.9. The molecule has 0 amide bonds. The minimum Gasteiger partial charge on any atom is -0.508 e. The first-order valence-corrected chi connectivity index (χ1v) is 6.66. The van der Waals surface area contributed by atoms with Crippen molar-refractivity contribution in [3.8, 4) is 18.1 Å². The summed E-state index contributed by atoms with van der Waals surface area (Å²) < 4.78 is 0.828. The SMILES string of the molecule is C#CCN(CC(=O)O)C(CC)c1cc(Br)ccc1O. The molecule has 1 atom stereocenters. The van der Waals surface area contributed by atoms with E-state index in [0.29, 0.717) is 12.0 Å². The second kappa shape index (κ2) is 7.17. The number of carbonyl (C=O) groups is 1. The fraction of sp³-hybridized carbons (Fsp3) is 0.357. The molecule has 0 saturated heterocycles. The lowest BCUT2D eigenvalue weighted by Gasteiger charge is -2.28. The van der Waals surface area contributed by atoms with Crippen LogP contribution in [0, 0.1) is 12.3 Å². The molecule has 2 N–H and O–H groups in total. The molecule has 1 unspecified atom stereocenters. The van der Waals surface area contributed by atoms with Crippen LogP contribution in [0.4, 0.5) is 0 Å². The predicted molar refractivity (Wildman–Crippen MR) is 76.9 cm³/mol. The molecule has 1 aromatic rings. The first-order chi connectivity index (χ1) is 8.99. The Morgan fingerprint density at radius 2 is 2.26 bits per heavy atom. The van der Waals surface area contributed by atoms with Gasteiger partial charge in [0.2, 0.25) is 0 Å². The summed E-state index contributed by atoms with van der Waals surface area (Å²) in [7, 11) is 0. The molecule has 1 aromatic carbocycles. The first-order valence-electron chi connectivity index (χ1n) is 5.87. The monoisotopic (exact) mass is 325 g/mol. The Morgan fingerprint density at radius 3 is 2.79 bits per heavy atom. The molecule has 1 rings (SSSR count). The molecule has 0 aliphatic carbocycles. The largest absolute Gasteiger partial charge is 0.508 e. The third kappa shape index (κ3) is 4.27. The molecule has 5 heteroatoms. The lowest BCUT2D eigenvalue weighted by atomic mass is 10.0. The molecule has 0 radical (unpaired) electrons. The minimum atomic E-state index is -0.941. The van der Waals surface area contributed by atoms with Gasteiger partial charge < -0.3 is 10.2 Å². The molecule has 0 aliphatic heterocycles. The van der Waals surface area contributed by atoms with Crippen molar-refractivity contribution < 1.29 is 15.0 Å². The Kier molecular flexibility index (Phi) is 5.87. The zero-order chi connectivity index (χ0) is 14.4. The van der Waals surface area contributed by atoms with E-state index in [1.165, 1.54) is 0 Å². The highest BCUT2D eigenvalue weighted by Gasteiger charge is 2.23. The van der Waals surface area contributed by atoms with Crippen molar-refractivity contribution in [1.29, 1.82) is 0 Å². The molecule has 0 heterocycles. The first kappa shape index (κ1) is 15.5. The van der Waals surface area contributed by atoms with Gasteiger partial charge in [-0.1, -0.05) is 28.8 Å². The Balaban J connectivity index is 3.11. The average Bonchev–Trinajstić information content (AvgIpc) is 2.34. The van der Waals surface area contributed by atoms with Crippen molar-refractivity contribution in [2.75, 3.05) is 13.1 Å². The second-order valence-electron chi connectivity index (χ2n) is 4.13. The van der Waals surface area contributed by atoms with E-state index in [-0.39, 0.29) is 24.9 Å². The van der Waals surface area contributed by atoms with Crippen LogP contribution < -0.4 is 0 Å². The van der Waals surface area contributed by atoms with Crippen LogP contribution in [0.1, 0.15) is 24.9 Å². The number of aliphatic carboxylic acids is 1. The van der Waals surface area contributed by atoms with E-state index in [1.807, 2.05) is 6.92 Å².